The van der Waals surface area contributed by atoms with Crippen LogP contribution in [0, 0.1) is 17.8 Å². The van der Waals surface area contributed by atoms with Crippen LogP contribution in [0.2, 0.25) is 0 Å². The first kappa shape index (κ1) is 89.4. The second kappa shape index (κ2) is 37.0. The molecular weight excluding hydrogens is 1610 g/mol. The van der Waals surface area contributed by atoms with E-state index in [0.717, 1.165) is 34.3 Å². The molecule has 10 aromatic carbocycles. The number of aromatic hydroxyl groups is 15. The summed E-state index contributed by atoms with van der Waals surface area (Å²) in [5, 5.41) is 158. The van der Waals surface area contributed by atoms with Gasteiger partial charge in [-0.15, -0.1) is 0 Å². The van der Waals surface area contributed by atoms with Gasteiger partial charge in [-0.2, -0.15) is 0 Å². The minimum absolute atomic E-state index is 0.0229. The van der Waals surface area contributed by atoms with Gasteiger partial charge < -0.3 is 100 Å². The number of hydrogen-bond donors (Lipinski definition) is 15. The Bertz CT molecular complexity index is 5730. The van der Waals surface area contributed by atoms with E-state index in [0.29, 0.717) is 122 Å². The molecule has 0 spiro atoms. The van der Waals surface area contributed by atoms with Crippen molar-refractivity contribution in [3.63, 3.8) is 0 Å². The van der Waals surface area contributed by atoms with Crippen LogP contribution in [0.4, 0.5) is 0 Å². The third-order valence-electron chi connectivity index (χ3n) is 23.7. The number of benzene rings is 10. The minimum atomic E-state index is -0.920. The summed E-state index contributed by atoms with van der Waals surface area (Å²) in [6.07, 6.45) is 5.06. The number of phenolic OH excluding ortho intramolecular Hbond substituents is 15. The first-order valence-electron chi connectivity index (χ1n) is 41.5. The zero-order valence-electron chi connectivity index (χ0n) is 71.4. The molecule has 0 saturated heterocycles. The van der Waals surface area contributed by atoms with Gasteiger partial charge in [-0.05, 0) is 238 Å². The molecule has 126 heavy (non-hydrogen) atoms. The van der Waals surface area contributed by atoms with E-state index in [1.54, 1.807) is 36.4 Å². The van der Waals surface area contributed by atoms with Crippen molar-refractivity contribution in [2.24, 2.45) is 17.8 Å². The molecule has 23 heteroatoms. The maximum Gasteiger partial charge on any atom is 0.174 e. The Morgan fingerprint density at radius 1 is 0.325 bits per heavy atom. The van der Waals surface area contributed by atoms with Crippen molar-refractivity contribution >= 4 is 17.3 Å². The summed E-state index contributed by atoms with van der Waals surface area (Å²) in [7, 11) is 0. The molecule has 0 fully saturated rings. The summed E-state index contributed by atoms with van der Waals surface area (Å²) in [6.45, 7) is 30.5. The highest BCUT2D eigenvalue weighted by molar-refractivity contribution is 6.05. The van der Waals surface area contributed by atoms with E-state index in [2.05, 4.69) is 38.0 Å². The Balaban J connectivity index is 0.000000167. The third kappa shape index (κ3) is 19.1. The number of hydrogen-bond acceptors (Lipinski definition) is 23. The van der Waals surface area contributed by atoms with Crippen molar-refractivity contribution < 1.29 is 115 Å². The number of Topliss-reactive ketones (excluding diaryl/α,β-unsaturated/α-hetero) is 3. The van der Waals surface area contributed by atoms with E-state index >= 15 is 0 Å². The van der Waals surface area contributed by atoms with Crippen molar-refractivity contribution in [1.82, 2.24) is 0 Å². The van der Waals surface area contributed by atoms with Gasteiger partial charge in [-0.3, -0.25) is 14.4 Å². The highest BCUT2D eigenvalue weighted by Crippen LogP contribution is 2.63. The Morgan fingerprint density at radius 2 is 0.635 bits per heavy atom. The molecule has 0 amide bonds. The number of fused-ring (bicyclic) bond motifs is 5. The fourth-order valence-corrected chi connectivity index (χ4v) is 17.1. The van der Waals surface area contributed by atoms with E-state index in [1.165, 1.54) is 121 Å². The predicted octanol–water partition coefficient (Wildman–Crippen LogP) is 21.6. The first-order chi connectivity index (χ1) is 59.8. The van der Waals surface area contributed by atoms with E-state index in [9.17, 15) is 91.0 Å². The van der Waals surface area contributed by atoms with Gasteiger partial charge in [0.15, 0.2) is 17.3 Å². The minimum Gasteiger partial charge on any atom is -0.508 e. The zero-order valence-corrected chi connectivity index (χ0v) is 71.4. The fourth-order valence-electron chi connectivity index (χ4n) is 17.1. The molecule has 10 atom stereocenters. The molecule has 0 saturated carbocycles. The van der Waals surface area contributed by atoms with E-state index in [1.807, 2.05) is 62.3 Å². The molecule has 0 aliphatic carbocycles. The average molecular weight is 1710 g/mol. The van der Waals surface area contributed by atoms with Crippen LogP contribution >= 0.6 is 0 Å². The monoisotopic (exact) mass is 1710 g/mol. The maximum absolute atomic E-state index is 14.0. The van der Waals surface area contributed by atoms with Crippen LogP contribution in [0.3, 0.4) is 0 Å². The zero-order chi connectivity index (χ0) is 90.9. The predicted molar refractivity (Wildman–Crippen MR) is 475 cm³/mol. The first-order valence-corrected chi connectivity index (χ1v) is 41.5. The number of phenols is 15. The van der Waals surface area contributed by atoms with Crippen molar-refractivity contribution in [1.29, 1.82) is 0 Å². The standard InChI is InChI=1S/2C39H38O9.C25H28O5/c2*1-19(2)5-6-22(20(3)4)15-29-38-34(31(45)18-32(47-38)28-12-11-25(41)17-30(28)44)36(46)35-33(23-13-26(42)16-27(43)14-23)37(48-39(29)35)21-7-9-24(40)10-8-21;1-14(2)5-6-16(15(3)4)11-20-21(27)10-9-19-23(29)13-24(30-25(19)20)18-8-7-17(26)12-22(18)28/h2*5,7-14,16-17,22,32-33,37,40-44,46H,3,6,15,18H2,1-2,4H3;5,7-10,12,16,24,26-28H,3,6,11,13H2,1-2,4H3/t2*22?,32-,33-,37?;/m00./s1. The number of rotatable bonds is 22. The summed E-state index contributed by atoms with van der Waals surface area (Å²) in [5.74, 6) is -3.74. The molecule has 23 nitrogen and oxygen atoms in total. The van der Waals surface area contributed by atoms with Crippen LogP contribution in [-0.2, 0) is 19.3 Å². The second-order valence-electron chi connectivity index (χ2n) is 34.0. The Labute approximate surface area is 729 Å². The molecule has 5 aliphatic rings. The van der Waals surface area contributed by atoms with Gasteiger partial charge in [0.2, 0.25) is 0 Å². The molecule has 5 heterocycles. The quantitative estimate of drug-likeness (QED) is 0.0280. The molecule has 6 unspecified atom stereocenters. The van der Waals surface area contributed by atoms with Gasteiger partial charge in [-0.1, -0.05) is 95.7 Å². The topological polar surface area (TPSA) is 401 Å². The number of carbonyl (C=O) groups is 3. The van der Waals surface area contributed by atoms with Gasteiger partial charge in [0.25, 0.3) is 0 Å². The largest absolute Gasteiger partial charge is 0.508 e. The maximum atomic E-state index is 14.0. The lowest BCUT2D eigenvalue weighted by molar-refractivity contribution is 0.0828. The van der Waals surface area contributed by atoms with E-state index < -0.39 is 53.9 Å². The van der Waals surface area contributed by atoms with Crippen LogP contribution in [0.25, 0.3) is 0 Å². The van der Waals surface area contributed by atoms with Crippen LogP contribution in [-0.4, -0.2) is 93.9 Å². The average Bonchev–Trinajstić information content (AvgIpc) is 1.53. The SMILES string of the molecule is C=C(C)C(CC=C(C)C)Cc1c(O)ccc2c1OC(c1ccc(O)cc1O)CC2=O.C=C(C)C(CC=C(C)C)Cc1c2c(c(O)c3c1OC(c1ccc(O)cc1)[C@H]3c1cc(O)cc(O)c1)C(=O)C[C@@H](c1ccc(O)cc1O)O2.C=C(C)C(CC=C(C)C)Cc1c2c(c(O)c3c1OC(c1ccc(O)cc1)[C@H]3c1cc(O)cc(O)c1)C(=O)C[C@@H](c1ccc(O)cc1O)O2. The van der Waals surface area contributed by atoms with E-state index in [4.69, 9.17) is 23.7 Å². The normalized spacial score (nSPS) is 18.1. The molecule has 15 rings (SSSR count). The van der Waals surface area contributed by atoms with Crippen molar-refractivity contribution in [3.8, 4) is 115 Å². The summed E-state index contributed by atoms with van der Waals surface area (Å²) in [4.78, 5) is 40.9. The lowest BCUT2D eigenvalue weighted by Gasteiger charge is -2.31. The smallest absolute Gasteiger partial charge is 0.174 e. The lowest BCUT2D eigenvalue weighted by Crippen LogP contribution is -2.23. The number of allylic oxidation sites excluding steroid dienone is 9. The van der Waals surface area contributed by atoms with Crippen LogP contribution < -0.4 is 23.7 Å². The molecule has 0 bridgehead atoms. The van der Waals surface area contributed by atoms with Crippen molar-refractivity contribution in [3.05, 3.63) is 307 Å². The van der Waals surface area contributed by atoms with Crippen LogP contribution in [0.5, 0.6) is 115 Å². The third-order valence-corrected chi connectivity index (χ3v) is 23.7. The van der Waals surface area contributed by atoms with Gasteiger partial charge in [0.1, 0.15) is 157 Å². The Hall–Kier alpha value is -14.4. The summed E-state index contributed by atoms with van der Waals surface area (Å²) in [5.41, 5.74) is 12.0. The fraction of sp³-hybridized carbons (Fsp3) is 0.272. The van der Waals surface area contributed by atoms with Gasteiger partial charge >= 0.3 is 0 Å². The Kier molecular flexibility index (Phi) is 26.2. The summed E-state index contributed by atoms with van der Waals surface area (Å²) < 4.78 is 32.7. The van der Waals surface area contributed by atoms with E-state index in [-0.39, 0.29) is 152 Å². The van der Waals surface area contributed by atoms with Crippen molar-refractivity contribution in [2.45, 2.75) is 162 Å². The van der Waals surface area contributed by atoms with Gasteiger partial charge in [0.05, 0.1) is 36.7 Å². The number of ether oxygens (including phenoxy) is 5. The van der Waals surface area contributed by atoms with Crippen LogP contribution in [0.1, 0.15) is 241 Å². The molecule has 654 valence electrons. The molecule has 0 aromatic heterocycles. The van der Waals surface area contributed by atoms with Crippen molar-refractivity contribution in [2.75, 3.05) is 0 Å². The summed E-state index contributed by atoms with van der Waals surface area (Å²) in [6, 6.07) is 36.6. The number of ketones is 3. The molecule has 10 aromatic rings. The molecule has 0 radical (unpaired) electrons. The number of carbonyl (C=O) groups excluding carboxylic acids is 3. The highest BCUT2D eigenvalue weighted by Gasteiger charge is 2.49. The van der Waals surface area contributed by atoms with Gasteiger partial charge in [-0.25, -0.2) is 0 Å². The summed E-state index contributed by atoms with van der Waals surface area (Å²) >= 11 is 0. The second-order valence-corrected chi connectivity index (χ2v) is 34.0. The molecule has 5 aliphatic heterocycles. The highest BCUT2D eigenvalue weighted by atomic mass is 16.5. The van der Waals surface area contributed by atoms with Crippen LogP contribution in [0.15, 0.2) is 223 Å². The lowest BCUT2D eigenvalue weighted by atomic mass is 9.80. The Morgan fingerprint density at radius 3 is 0.952 bits per heavy atom. The molecular formula is C103H104O23. The molecule has 15 N–H and O–H groups in total. The van der Waals surface area contributed by atoms with Gasteiger partial charge in [0, 0.05) is 74.8 Å².